The lowest BCUT2D eigenvalue weighted by molar-refractivity contribution is 0.108. The van der Waals surface area contributed by atoms with Gasteiger partial charge in [-0.25, -0.2) is 9.37 Å². The molecule has 1 aliphatic heterocycles. The highest BCUT2D eigenvalue weighted by Crippen LogP contribution is 2.34. The minimum Gasteiger partial charge on any atom is -0.376 e. The van der Waals surface area contributed by atoms with E-state index in [-0.39, 0.29) is 23.3 Å². The first-order valence-electron chi connectivity index (χ1n) is 6.51. The zero-order valence-corrected chi connectivity index (χ0v) is 11.7. The second kappa shape index (κ2) is 4.76. The SMILES string of the molecule is CC(Cl)c1nc2cc(F)ccc2n1C1CCOC1C. The van der Waals surface area contributed by atoms with Gasteiger partial charge in [-0.1, -0.05) is 0 Å². The Kier molecular flexibility index (Phi) is 3.23. The summed E-state index contributed by atoms with van der Waals surface area (Å²) < 4.78 is 21.1. The van der Waals surface area contributed by atoms with Crippen molar-refractivity contribution in [2.45, 2.75) is 37.8 Å². The molecule has 3 atom stereocenters. The smallest absolute Gasteiger partial charge is 0.128 e. The third-order valence-corrected chi connectivity index (χ3v) is 3.90. The fourth-order valence-electron chi connectivity index (χ4n) is 2.78. The Bertz CT molecular complexity index is 611. The van der Waals surface area contributed by atoms with E-state index in [0.717, 1.165) is 24.4 Å². The van der Waals surface area contributed by atoms with Gasteiger partial charge in [0.1, 0.15) is 11.6 Å². The van der Waals surface area contributed by atoms with E-state index >= 15 is 0 Å². The van der Waals surface area contributed by atoms with E-state index in [0.29, 0.717) is 5.52 Å². The van der Waals surface area contributed by atoms with Gasteiger partial charge in [-0.3, -0.25) is 0 Å². The van der Waals surface area contributed by atoms with Crippen molar-refractivity contribution in [2.75, 3.05) is 6.61 Å². The summed E-state index contributed by atoms with van der Waals surface area (Å²) in [5, 5.41) is -0.219. The van der Waals surface area contributed by atoms with Crippen molar-refractivity contribution in [1.29, 1.82) is 0 Å². The van der Waals surface area contributed by atoms with Crippen LogP contribution in [-0.4, -0.2) is 22.3 Å². The van der Waals surface area contributed by atoms with Gasteiger partial charge in [0.15, 0.2) is 0 Å². The molecule has 5 heteroatoms. The van der Waals surface area contributed by atoms with Crippen molar-refractivity contribution in [3.05, 3.63) is 29.8 Å². The van der Waals surface area contributed by atoms with Crippen LogP contribution < -0.4 is 0 Å². The second-order valence-corrected chi connectivity index (χ2v) is 5.68. The number of rotatable bonds is 2. The van der Waals surface area contributed by atoms with Crippen molar-refractivity contribution in [3.8, 4) is 0 Å². The number of alkyl halides is 1. The zero-order chi connectivity index (χ0) is 13.6. The number of halogens is 2. The van der Waals surface area contributed by atoms with Crippen molar-refractivity contribution in [3.63, 3.8) is 0 Å². The molecule has 3 unspecified atom stereocenters. The minimum absolute atomic E-state index is 0.122. The van der Waals surface area contributed by atoms with Gasteiger partial charge in [-0.2, -0.15) is 0 Å². The van der Waals surface area contributed by atoms with E-state index in [2.05, 4.69) is 16.5 Å². The summed E-state index contributed by atoms with van der Waals surface area (Å²) in [7, 11) is 0. The van der Waals surface area contributed by atoms with E-state index in [9.17, 15) is 4.39 Å². The number of imidazole rings is 1. The number of aromatic nitrogens is 2. The van der Waals surface area contributed by atoms with Gasteiger partial charge in [0.05, 0.1) is 28.6 Å². The van der Waals surface area contributed by atoms with Gasteiger partial charge in [-0.15, -0.1) is 11.6 Å². The number of fused-ring (bicyclic) bond motifs is 1. The third kappa shape index (κ3) is 2.13. The quantitative estimate of drug-likeness (QED) is 0.783. The van der Waals surface area contributed by atoms with Crippen LogP contribution in [0.15, 0.2) is 18.2 Å². The van der Waals surface area contributed by atoms with Gasteiger partial charge in [0, 0.05) is 12.7 Å². The van der Waals surface area contributed by atoms with Crippen LogP contribution >= 0.6 is 11.6 Å². The molecule has 2 heterocycles. The molecule has 1 aromatic heterocycles. The maximum absolute atomic E-state index is 13.3. The van der Waals surface area contributed by atoms with Crippen molar-refractivity contribution in [2.24, 2.45) is 0 Å². The zero-order valence-electron chi connectivity index (χ0n) is 10.9. The standard InChI is InChI=1S/C14H16ClFN2O/c1-8(15)14-17-11-7-10(16)3-4-13(11)18(14)12-5-6-19-9(12)2/h3-4,7-9,12H,5-6H2,1-2H3. The summed E-state index contributed by atoms with van der Waals surface area (Å²) >= 11 is 6.23. The molecule has 102 valence electrons. The highest BCUT2D eigenvalue weighted by atomic mass is 35.5. The van der Waals surface area contributed by atoms with E-state index in [4.69, 9.17) is 16.3 Å². The first-order chi connectivity index (χ1) is 9.08. The van der Waals surface area contributed by atoms with Crippen LogP contribution in [0.4, 0.5) is 4.39 Å². The van der Waals surface area contributed by atoms with Crippen LogP contribution in [0.3, 0.4) is 0 Å². The molecule has 1 saturated heterocycles. The Morgan fingerprint density at radius 1 is 1.53 bits per heavy atom. The highest BCUT2D eigenvalue weighted by Gasteiger charge is 2.30. The predicted octanol–water partition coefficient (Wildman–Crippen LogP) is 3.83. The molecular weight excluding hydrogens is 267 g/mol. The van der Waals surface area contributed by atoms with Crippen LogP contribution in [0.2, 0.25) is 0 Å². The molecule has 0 spiro atoms. The molecular formula is C14H16ClFN2O. The lowest BCUT2D eigenvalue weighted by Crippen LogP contribution is -2.19. The highest BCUT2D eigenvalue weighted by molar-refractivity contribution is 6.20. The van der Waals surface area contributed by atoms with Gasteiger partial charge in [-0.05, 0) is 32.4 Å². The summed E-state index contributed by atoms with van der Waals surface area (Å²) in [6.45, 7) is 4.68. The lowest BCUT2D eigenvalue weighted by Gasteiger charge is -2.20. The van der Waals surface area contributed by atoms with Gasteiger partial charge >= 0.3 is 0 Å². The molecule has 0 saturated carbocycles. The third-order valence-electron chi connectivity index (χ3n) is 3.70. The summed E-state index contributed by atoms with van der Waals surface area (Å²) in [6, 6.07) is 4.90. The van der Waals surface area contributed by atoms with Crippen LogP contribution in [0, 0.1) is 5.82 Å². The predicted molar refractivity (Wildman–Crippen MR) is 73.0 cm³/mol. The molecule has 2 aromatic rings. The molecule has 0 aliphatic carbocycles. The first kappa shape index (κ1) is 12.9. The number of benzene rings is 1. The summed E-state index contributed by atoms with van der Waals surface area (Å²) in [5.41, 5.74) is 1.58. The molecule has 0 bridgehead atoms. The molecule has 19 heavy (non-hydrogen) atoms. The number of hydrogen-bond donors (Lipinski definition) is 0. The Balaban J connectivity index is 2.22. The fourth-order valence-corrected chi connectivity index (χ4v) is 2.93. The van der Waals surface area contributed by atoms with Gasteiger partial charge in [0.25, 0.3) is 0 Å². The van der Waals surface area contributed by atoms with Crippen molar-refractivity contribution < 1.29 is 9.13 Å². The Morgan fingerprint density at radius 2 is 2.32 bits per heavy atom. The molecule has 3 rings (SSSR count). The number of nitrogens with zero attached hydrogens (tertiary/aromatic N) is 2. The topological polar surface area (TPSA) is 27.1 Å². The normalized spacial score (nSPS) is 25.1. The monoisotopic (exact) mass is 282 g/mol. The Hall–Kier alpha value is -1.13. The summed E-state index contributed by atoms with van der Waals surface area (Å²) in [6.07, 6.45) is 1.05. The molecule has 1 aromatic carbocycles. The van der Waals surface area contributed by atoms with Crippen molar-refractivity contribution >= 4 is 22.6 Å². The summed E-state index contributed by atoms with van der Waals surface area (Å²) in [4.78, 5) is 4.49. The van der Waals surface area contributed by atoms with E-state index in [1.165, 1.54) is 12.1 Å². The molecule has 0 amide bonds. The second-order valence-electron chi connectivity index (χ2n) is 5.02. The molecule has 0 N–H and O–H groups in total. The van der Waals surface area contributed by atoms with E-state index in [1.54, 1.807) is 6.07 Å². The van der Waals surface area contributed by atoms with Crippen LogP contribution in [0.5, 0.6) is 0 Å². The Labute approximate surface area is 116 Å². The molecule has 1 fully saturated rings. The van der Waals surface area contributed by atoms with Crippen LogP contribution in [-0.2, 0) is 4.74 Å². The number of ether oxygens (including phenoxy) is 1. The van der Waals surface area contributed by atoms with E-state index < -0.39 is 0 Å². The average Bonchev–Trinajstić information content (AvgIpc) is 2.91. The maximum Gasteiger partial charge on any atom is 0.128 e. The van der Waals surface area contributed by atoms with E-state index in [1.807, 2.05) is 6.92 Å². The number of hydrogen-bond acceptors (Lipinski definition) is 2. The fraction of sp³-hybridized carbons (Fsp3) is 0.500. The van der Waals surface area contributed by atoms with Gasteiger partial charge in [0.2, 0.25) is 0 Å². The maximum atomic E-state index is 13.3. The lowest BCUT2D eigenvalue weighted by atomic mass is 10.1. The largest absolute Gasteiger partial charge is 0.376 e. The average molecular weight is 283 g/mol. The Morgan fingerprint density at radius 3 is 2.95 bits per heavy atom. The van der Waals surface area contributed by atoms with Crippen molar-refractivity contribution in [1.82, 2.24) is 9.55 Å². The first-order valence-corrected chi connectivity index (χ1v) is 6.94. The molecule has 1 aliphatic rings. The van der Waals surface area contributed by atoms with Gasteiger partial charge < -0.3 is 9.30 Å². The van der Waals surface area contributed by atoms with Crippen LogP contribution in [0.1, 0.15) is 37.5 Å². The summed E-state index contributed by atoms with van der Waals surface area (Å²) in [5.74, 6) is 0.506. The minimum atomic E-state index is -0.276. The molecule has 0 radical (unpaired) electrons. The molecule has 3 nitrogen and oxygen atoms in total. The van der Waals surface area contributed by atoms with Crippen LogP contribution in [0.25, 0.3) is 11.0 Å².